The highest BCUT2D eigenvalue weighted by atomic mass is 19.2. The standard InChI is InChI=1S/C12H16F2N2/c1-9-4-6-16(7-5-15-9)10-2-3-11(13)12(14)8-10/h2-3,8-9,15H,4-7H2,1H3. The number of anilines is 1. The Morgan fingerprint density at radius 2 is 2.06 bits per heavy atom. The Hall–Kier alpha value is -1.16. The Kier molecular flexibility index (Phi) is 3.39. The molecular formula is C12H16F2N2. The lowest BCUT2D eigenvalue weighted by atomic mass is 10.2. The van der Waals surface area contributed by atoms with E-state index in [1.807, 2.05) is 0 Å². The molecule has 1 N–H and O–H groups in total. The van der Waals surface area contributed by atoms with E-state index in [0.29, 0.717) is 6.04 Å². The molecule has 0 amide bonds. The first kappa shape index (κ1) is 11.3. The molecule has 1 aromatic carbocycles. The number of hydrogen-bond donors (Lipinski definition) is 1. The van der Waals surface area contributed by atoms with Crippen LogP contribution in [0.2, 0.25) is 0 Å². The molecule has 1 saturated heterocycles. The largest absolute Gasteiger partial charge is 0.370 e. The third kappa shape index (κ3) is 2.50. The molecule has 1 unspecified atom stereocenters. The van der Waals surface area contributed by atoms with Gasteiger partial charge in [-0.25, -0.2) is 8.78 Å². The third-order valence-electron chi connectivity index (χ3n) is 2.97. The van der Waals surface area contributed by atoms with Crippen LogP contribution in [0, 0.1) is 11.6 Å². The average molecular weight is 226 g/mol. The Morgan fingerprint density at radius 3 is 2.81 bits per heavy atom. The molecule has 88 valence electrons. The zero-order chi connectivity index (χ0) is 11.5. The normalized spacial score (nSPS) is 21.9. The third-order valence-corrected chi connectivity index (χ3v) is 2.97. The number of hydrogen-bond acceptors (Lipinski definition) is 2. The monoisotopic (exact) mass is 226 g/mol. The summed E-state index contributed by atoms with van der Waals surface area (Å²) in [5.74, 6) is -1.56. The van der Waals surface area contributed by atoms with Crippen LogP contribution >= 0.6 is 0 Å². The van der Waals surface area contributed by atoms with Crippen LogP contribution in [0.25, 0.3) is 0 Å². The molecule has 1 aromatic rings. The molecule has 1 aliphatic heterocycles. The van der Waals surface area contributed by atoms with E-state index < -0.39 is 11.6 Å². The van der Waals surface area contributed by atoms with Crippen molar-refractivity contribution in [3.05, 3.63) is 29.8 Å². The van der Waals surface area contributed by atoms with Crippen LogP contribution in [0.3, 0.4) is 0 Å². The van der Waals surface area contributed by atoms with Crippen molar-refractivity contribution in [2.75, 3.05) is 24.5 Å². The number of benzene rings is 1. The van der Waals surface area contributed by atoms with Crippen molar-refractivity contribution in [2.45, 2.75) is 19.4 Å². The van der Waals surface area contributed by atoms with E-state index in [1.165, 1.54) is 12.1 Å². The van der Waals surface area contributed by atoms with Crippen molar-refractivity contribution in [2.24, 2.45) is 0 Å². The van der Waals surface area contributed by atoms with Crippen LogP contribution in [0.15, 0.2) is 18.2 Å². The van der Waals surface area contributed by atoms with Crippen LogP contribution in [-0.4, -0.2) is 25.7 Å². The average Bonchev–Trinajstić information content (AvgIpc) is 2.47. The Morgan fingerprint density at radius 1 is 1.25 bits per heavy atom. The van der Waals surface area contributed by atoms with Gasteiger partial charge in [-0.1, -0.05) is 0 Å². The van der Waals surface area contributed by atoms with Crippen molar-refractivity contribution >= 4 is 5.69 Å². The SMILES string of the molecule is CC1CCN(c2ccc(F)c(F)c2)CCN1. The summed E-state index contributed by atoms with van der Waals surface area (Å²) in [5.41, 5.74) is 0.759. The van der Waals surface area contributed by atoms with Gasteiger partial charge in [0.2, 0.25) is 0 Å². The number of rotatable bonds is 1. The summed E-state index contributed by atoms with van der Waals surface area (Å²) < 4.78 is 25.9. The lowest BCUT2D eigenvalue weighted by Crippen LogP contribution is -2.29. The van der Waals surface area contributed by atoms with Gasteiger partial charge in [0.1, 0.15) is 0 Å². The lowest BCUT2D eigenvalue weighted by Gasteiger charge is -2.22. The fourth-order valence-electron chi connectivity index (χ4n) is 1.95. The second-order valence-corrected chi connectivity index (χ2v) is 4.23. The van der Waals surface area contributed by atoms with E-state index in [0.717, 1.165) is 31.7 Å². The van der Waals surface area contributed by atoms with E-state index >= 15 is 0 Å². The van der Waals surface area contributed by atoms with Gasteiger partial charge in [-0.2, -0.15) is 0 Å². The van der Waals surface area contributed by atoms with E-state index in [2.05, 4.69) is 17.1 Å². The van der Waals surface area contributed by atoms with Gasteiger partial charge in [0.25, 0.3) is 0 Å². The molecule has 2 rings (SSSR count). The molecule has 0 bridgehead atoms. The second-order valence-electron chi connectivity index (χ2n) is 4.23. The molecule has 0 spiro atoms. The predicted octanol–water partition coefficient (Wildman–Crippen LogP) is 2.15. The van der Waals surface area contributed by atoms with E-state index in [1.54, 1.807) is 6.07 Å². The van der Waals surface area contributed by atoms with Crippen LogP contribution in [-0.2, 0) is 0 Å². The van der Waals surface area contributed by atoms with Gasteiger partial charge in [0, 0.05) is 37.4 Å². The maximum Gasteiger partial charge on any atom is 0.160 e. The molecule has 1 heterocycles. The fraction of sp³-hybridized carbons (Fsp3) is 0.500. The summed E-state index contributed by atoms with van der Waals surface area (Å²) in [4.78, 5) is 2.08. The molecule has 0 aromatic heterocycles. The van der Waals surface area contributed by atoms with Gasteiger partial charge in [0.15, 0.2) is 11.6 Å². The minimum absolute atomic E-state index is 0.482. The van der Waals surface area contributed by atoms with Gasteiger partial charge in [0.05, 0.1) is 0 Å². The minimum Gasteiger partial charge on any atom is -0.370 e. The highest BCUT2D eigenvalue weighted by molar-refractivity contribution is 5.46. The number of halogens is 2. The molecule has 2 nitrogen and oxygen atoms in total. The summed E-state index contributed by atoms with van der Waals surface area (Å²) in [7, 11) is 0. The van der Waals surface area contributed by atoms with Crippen molar-refractivity contribution < 1.29 is 8.78 Å². The predicted molar refractivity (Wildman–Crippen MR) is 60.7 cm³/mol. The van der Waals surface area contributed by atoms with Crippen LogP contribution in [0.4, 0.5) is 14.5 Å². The van der Waals surface area contributed by atoms with E-state index in [9.17, 15) is 8.78 Å². The first-order chi connectivity index (χ1) is 7.66. The summed E-state index contributed by atoms with van der Waals surface area (Å²) in [6, 6.07) is 4.57. The van der Waals surface area contributed by atoms with Crippen molar-refractivity contribution in [1.29, 1.82) is 0 Å². The minimum atomic E-state index is -0.787. The fourth-order valence-corrected chi connectivity index (χ4v) is 1.95. The highest BCUT2D eigenvalue weighted by Gasteiger charge is 2.14. The molecule has 1 fully saturated rings. The molecular weight excluding hydrogens is 210 g/mol. The molecule has 4 heteroatoms. The van der Waals surface area contributed by atoms with Crippen molar-refractivity contribution in [3.8, 4) is 0 Å². The first-order valence-electron chi connectivity index (χ1n) is 5.60. The molecule has 0 radical (unpaired) electrons. The number of nitrogens with one attached hydrogen (secondary N) is 1. The highest BCUT2D eigenvalue weighted by Crippen LogP contribution is 2.19. The summed E-state index contributed by atoms with van der Waals surface area (Å²) >= 11 is 0. The topological polar surface area (TPSA) is 15.3 Å². The van der Waals surface area contributed by atoms with Crippen LogP contribution in [0.5, 0.6) is 0 Å². The lowest BCUT2D eigenvalue weighted by molar-refractivity contribution is 0.508. The Labute approximate surface area is 94.3 Å². The molecule has 1 atom stereocenters. The maximum absolute atomic E-state index is 13.1. The van der Waals surface area contributed by atoms with Gasteiger partial charge in [-0.15, -0.1) is 0 Å². The van der Waals surface area contributed by atoms with Crippen LogP contribution in [0.1, 0.15) is 13.3 Å². The summed E-state index contributed by atoms with van der Waals surface area (Å²) in [5, 5.41) is 3.36. The maximum atomic E-state index is 13.1. The summed E-state index contributed by atoms with van der Waals surface area (Å²) in [6.07, 6.45) is 1.01. The molecule has 0 aliphatic carbocycles. The van der Waals surface area contributed by atoms with Gasteiger partial charge in [-0.05, 0) is 25.5 Å². The first-order valence-corrected chi connectivity index (χ1v) is 5.60. The zero-order valence-electron chi connectivity index (χ0n) is 9.34. The number of nitrogens with zero attached hydrogens (tertiary/aromatic N) is 1. The second kappa shape index (κ2) is 4.78. The van der Waals surface area contributed by atoms with Gasteiger partial charge in [-0.3, -0.25) is 0 Å². The Bertz CT molecular complexity index is 368. The smallest absolute Gasteiger partial charge is 0.160 e. The van der Waals surface area contributed by atoms with Crippen molar-refractivity contribution in [3.63, 3.8) is 0 Å². The summed E-state index contributed by atoms with van der Waals surface area (Å²) in [6.45, 7) is 4.71. The van der Waals surface area contributed by atoms with Gasteiger partial charge < -0.3 is 10.2 Å². The molecule has 1 aliphatic rings. The Balaban J connectivity index is 2.13. The van der Waals surface area contributed by atoms with Crippen LogP contribution < -0.4 is 10.2 Å². The van der Waals surface area contributed by atoms with Crippen molar-refractivity contribution in [1.82, 2.24) is 5.32 Å². The van der Waals surface area contributed by atoms with E-state index in [4.69, 9.17) is 0 Å². The molecule has 0 saturated carbocycles. The van der Waals surface area contributed by atoms with E-state index in [-0.39, 0.29) is 0 Å². The quantitative estimate of drug-likeness (QED) is 0.789. The molecule has 16 heavy (non-hydrogen) atoms. The zero-order valence-corrected chi connectivity index (χ0v) is 9.34. The van der Waals surface area contributed by atoms with Gasteiger partial charge >= 0.3 is 0 Å².